The first-order valence-electron chi connectivity index (χ1n) is 8.19. The summed E-state index contributed by atoms with van der Waals surface area (Å²) >= 11 is 1.06. The molecule has 0 unspecified atom stereocenters. The van der Waals surface area contributed by atoms with Crippen molar-refractivity contribution in [2.75, 3.05) is 12.9 Å². The van der Waals surface area contributed by atoms with E-state index >= 15 is 0 Å². The van der Waals surface area contributed by atoms with Crippen molar-refractivity contribution in [2.24, 2.45) is 0 Å². The van der Waals surface area contributed by atoms with Crippen LogP contribution in [0.15, 0.2) is 29.2 Å². The van der Waals surface area contributed by atoms with Crippen LogP contribution in [0.5, 0.6) is 0 Å². The molecule has 0 bridgehead atoms. The molecule has 0 saturated heterocycles. The minimum absolute atomic E-state index is 0.0257. The Bertz CT molecular complexity index is 1150. The van der Waals surface area contributed by atoms with Gasteiger partial charge >= 0.3 is 5.97 Å². The number of ether oxygens (including phenoxy) is 1. The number of nitro groups is 3. The van der Waals surface area contributed by atoms with Gasteiger partial charge in [-0.1, -0.05) is 0 Å². The number of carbonyl (C=O) groups is 2. The van der Waals surface area contributed by atoms with Crippen LogP contribution in [0.25, 0.3) is 11.1 Å². The number of ketones is 1. The number of nitrogens with zero attached hydrogens (tertiary/aromatic N) is 3. The number of esters is 1. The fourth-order valence-corrected chi connectivity index (χ4v) is 3.97. The van der Waals surface area contributed by atoms with Crippen LogP contribution in [0, 0.1) is 30.3 Å². The molecule has 1 aliphatic carbocycles. The lowest BCUT2D eigenvalue weighted by atomic mass is 10.0. The maximum Gasteiger partial charge on any atom is 0.306 e. The SMILES string of the molecule is COC(=O)CCSc1cc2c(c([N+](=O)[O-])c1)-c1c(cc([N+](=O)[O-])cc1[N+](=O)[O-])C2=O. The van der Waals surface area contributed by atoms with Crippen molar-refractivity contribution in [3.8, 4) is 11.1 Å². The zero-order valence-corrected chi connectivity index (χ0v) is 16.0. The van der Waals surface area contributed by atoms with Gasteiger partial charge in [-0.05, 0) is 6.07 Å². The summed E-state index contributed by atoms with van der Waals surface area (Å²) in [7, 11) is 1.22. The van der Waals surface area contributed by atoms with Crippen molar-refractivity contribution < 1.29 is 29.1 Å². The summed E-state index contributed by atoms with van der Waals surface area (Å²) in [4.78, 5) is 56.0. The normalized spacial score (nSPS) is 11.6. The first-order chi connectivity index (χ1) is 14.1. The number of non-ortho nitro benzene ring substituents is 1. The highest BCUT2D eigenvalue weighted by Crippen LogP contribution is 2.49. The molecule has 13 heteroatoms. The number of methoxy groups -OCH3 is 1. The van der Waals surface area contributed by atoms with Crippen molar-refractivity contribution in [1.29, 1.82) is 0 Å². The predicted octanol–water partition coefficient (Wildman–Crippen LogP) is 3.28. The zero-order chi connectivity index (χ0) is 22.2. The van der Waals surface area contributed by atoms with Crippen molar-refractivity contribution >= 4 is 40.6 Å². The Hall–Kier alpha value is -3.87. The van der Waals surface area contributed by atoms with Gasteiger partial charge in [-0.2, -0.15) is 0 Å². The van der Waals surface area contributed by atoms with Crippen molar-refractivity contribution in [2.45, 2.75) is 11.3 Å². The average Bonchev–Trinajstić information content (AvgIpc) is 2.98. The first kappa shape index (κ1) is 20.9. The summed E-state index contributed by atoms with van der Waals surface area (Å²) in [6.07, 6.45) is 0.0257. The van der Waals surface area contributed by atoms with Crippen LogP contribution in [-0.2, 0) is 9.53 Å². The van der Waals surface area contributed by atoms with Crippen LogP contribution < -0.4 is 0 Å². The molecule has 0 N–H and O–H groups in total. The molecule has 2 aromatic rings. The summed E-state index contributed by atoms with van der Waals surface area (Å²) in [6, 6.07) is 4.01. The van der Waals surface area contributed by atoms with Gasteiger partial charge in [0.1, 0.15) is 0 Å². The second-order valence-corrected chi connectivity index (χ2v) is 7.20. The molecular formula is C17H11N3O9S. The van der Waals surface area contributed by atoms with Crippen LogP contribution >= 0.6 is 11.8 Å². The minimum Gasteiger partial charge on any atom is -0.469 e. The fraction of sp³-hybridized carbons (Fsp3) is 0.176. The van der Waals surface area contributed by atoms with Gasteiger partial charge in [-0.3, -0.25) is 39.9 Å². The van der Waals surface area contributed by atoms with E-state index in [1.54, 1.807) is 0 Å². The Labute approximate surface area is 171 Å². The molecule has 0 spiro atoms. The topological polar surface area (TPSA) is 173 Å². The quantitative estimate of drug-likeness (QED) is 0.233. The monoisotopic (exact) mass is 433 g/mol. The Kier molecular flexibility index (Phi) is 5.47. The number of thioether (sulfide) groups is 1. The van der Waals surface area contributed by atoms with Crippen LogP contribution in [0.2, 0.25) is 0 Å². The summed E-state index contributed by atoms with van der Waals surface area (Å²) in [6.45, 7) is 0. The Morgan fingerprint density at radius 1 is 0.933 bits per heavy atom. The molecule has 0 amide bonds. The maximum absolute atomic E-state index is 12.8. The Morgan fingerprint density at radius 3 is 2.03 bits per heavy atom. The number of nitro benzene ring substituents is 3. The molecule has 1 aliphatic rings. The van der Waals surface area contributed by atoms with E-state index in [1.807, 2.05) is 0 Å². The number of hydrogen-bond donors (Lipinski definition) is 0. The lowest BCUT2D eigenvalue weighted by Gasteiger charge is -2.06. The van der Waals surface area contributed by atoms with E-state index in [1.165, 1.54) is 13.2 Å². The summed E-state index contributed by atoms with van der Waals surface area (Å²) in [5, 5.41) is 34.2. The summed E-state index contributed by atoms with van der Waals surface area (Å²) < 4.78 is 4.52. The molecule has 0 atom stereocenters. The Balaban J connectivity index is 2.18. The molecule has 2 aromatic carbocycles. The first-order valence-corrected chi connectivity index (χ1v) is 9.18. The van der Waals surface area contributed by atoms with E-state index in [2.05, 4.69) is 4.74 Å². The number of benzene rings is 2. The number of fused-ring (bicyclic) bond motifs is 3. The van der Waals surface area contributed by atoms with Crippen LogP contribution in [0.4, 0.5) is 17.1 Å². The van der Waals surface area contributed by atoms with Gasteiger partial charge in [0, 0.05) is 33.9 Å². The smallest absolute Gasteiger partial charge is 0.306 e. The van der Waals surface area contributed by atoms with E-state index in [-0.39, 0.29) is 34.4 Å². The van der Waals surface area contributed by atoms with E-state index in [0.29, 0.717) is 11.0 Å². The third-order valence-corrected chi connectivity index (χ3v) is 5.32. The van der Waals surface area contributed by atoms with Gasteiger partial charge < -0.3 is 4.74 Å². The third-order valence-electron chi connectivity index (χ3n) is 4.34. The molecular weight excluding hydrogens is 422 g/mol. The van der Waals surface area contributed by atoms with Crippen LogP contribution in [0.3, 0.4) is 0 Å². The average molecular weight is 433 g/mol. The van der Waals surface area contributed by atoms with Gasteiger partial charge in [0.15, 0.2) is 5.78 Å². The zero-order valence-electron chi connectivity index (χ0n) is 15.1. The van der Waals surface area contributed by atoms with Crippen molar-refractivity contribution in [3.63, 3.8) is 0 Å². The molecule has 0 fully saturated rings. The van der Waals surface area contributed by atoms with Gasteiger partial charge in [0.25, 0.3) is 17.1 Å². The molecule has 0 aliphatic heterocycles. The molecule has 0 radical (unpaired) electrons. The Morgan fingerprint density at radius 2 is 1.50 bits per heavy atom. The molecule has 3 rings (SSSR count). The fourth-order valence-electron chi connectivity index (χ4n) is 3.07. The van der Waals surface area contributed by atoms with Crippen LogP contribution in [0.1, 0.15) is 22.3 Å². The highest BCUT2D eigenvalue weighted by Gasteiger charge is 2.41. The highest BCUT2D eigenvalue weighted by atomic mass is 32.2. The van der Waals surface area contributed by atoms with Crippen molar-refractivity contribution in [1.82, 2.24) is 0 Å². The second kappa shape index (κ2) is 7.87. The number of carbonyl (C=O) groups excluding carboxylic acids is 2. The number of hydrogen-bond acceptors (Lipinski definition) is 10. The predicted molar refractivity (Wildman–Crippen MR) is 103 cm³/mol. The molecule has 0 saturated carbocycles. The van der Waals surface area contributed by atoms with Crippen molar-refractivity contribution in [3.05, 3.63) is 65.7 Å². The lowest BCUT2D eigenvalue weighted by molar-refractivity contribution is -0.394. The molecule has 0 aromatic heterocycles. The number of rotatable bonds is 7. The highest BCUT2D eigenvalue weighted by molar-refractivity contribution is 7.99. The van der Waals surface area contributed by atoms with Gasteiger partial charge in [0.05, 0.1) is 45.5 Å². The second-order valence-electron chi connectivity index (χ2n) is 6.03. The van der Waals surface area contributed by atoms with Gasteiger partial charge in [0.2, 0.25) is 0 Å². The summed E-state index contributed by atoms with van der Waals surface area (Å²) in [5.74, 6) is -1.05. The summed E-state index contributed by atoms with van der Waals surface area (Å²) in [5.41, 5.74) is -3.05. The van der Waals surface area contributed by atoms with Gasteiger partial charge in [-0.15, -0.1) is 11.8 Å². The van der Waals surface area contributed by atoms with E-state index in [0.717, 1.165) is 23.9 Å². The molecule has 30 heavy (non-hydrogen) atoms. The third kappa shape index (κ3) is 3.57. The van der Waals surface area contributed by atoms with E-state index in [9.17, 15) is 39.9 Å². The minimum atomic E-state index is -0.920. The lowest BCUT2D eigenvalue weighted by Crippen LogP contribution is -2.01. The molecule has 12 nitrogen and oxygen atoms in total. The molecule has 154 valence electrons. The maximum atomic E-state index is 12.8. The van der Waals surface area contributed by atoms with E-state index in [4.69, 9.17) is 0 Å². The largest absolute Gasteiger partial charge is 0.469 e. The standard InChI is InChI=1S/C17H11N3O9S/c1-29-14(21)2-3-30-9-6-11-16(13(7-9)20(27)28)15-10(17(11)22)4-8(18(23)24)5-12(15)19(25)26/h4-7H,2-3H2,1H3. The van der Waals surface area contributed by atoms with E-state index < -0.39 is 43.6 Å². The molecule has 0 heterocycles. The van der Waals surface area contributed by atoms with Gasteiger partial charge in [-0.25, -0.2) is 0 Å². The van der Waals surface area contributed by atoms with Crippen LogP contribution in [-0.4, -0.2) is 39.4 Å².